The average Bonchev–Trinajstić information content (AvgIpc) is 2.74. The number of carbonyl (C=O) groups excluding carboxylic acids is 1. The van der Waals surface area contributed by atoms with Gasteiger partial charge >= 0.3 is 5.97 Å². The van der Waals surface area contributed by atoms with Crippen molar-refractivity contribution >= 4 is 16.9 Å². The number of nitrogens with zero attached hydrogens (tertiary/aromatic N) is 1. The monoisotopic (exact) mass is 263 g/mol. The lowest BCUT2D eigenvalue weighted by molar-refractivity contribution is -0.140. The molecule has 0 amide bonds. The Morgan fingerprint density at radius 1 is 1.37 bits per heavy atom. The van der Waals surface area contributed by atoms with Crippen molar-refractivity contribution in [1.29, 1.82) is 0 Å². The molecule has 0 saturated carbocycles. The number of ether oxygens (including phenoxy) is 1. The minimum atomic E-state index is -0.208. The smallest absolute Gasteiger partial charge is 0.305 e. The van der Waals surface area contributed by atoms with Gasteiger partial charge in [-0.25, -0.2) is 0 Å². The van der Waals surface area contributed by atoms with Crippen molar-refractivity contribution in [2.75, 3.05) is 7.11 Å². The summed E-state index contributed by atoms with van der Waals surface area (Å²) in [5.41, 5.74) is 2.05. The van der Waals surface area contributed by atoms with Gasteiger partial charge in [0.15, 0.2) is 0 Å². The molecule has 0 aliphatic rings. The molecule has 1 aromatic heterocycles. The lowest BCUT2D eigenvalue weighted by atomic mass is 10.1. The van der Waals surface area contributed by atoms with E-state index in [0.717, 1.165) is 16.5 Å². The standard InChI is InChI=1S/C13H15NO3.C2H6/c1-14-8-9(3-6-13(16)17-2)11-5-4-10(15)7-12(11)14;1-2/h4-5,7-8,15H,3,6H2,1-2H3;1-2H3. The van der Waals surface area contributed by atoms with Crippen LogP contribution in [0.1, 0.15) is 25.8 Å². The Balaban J connectivity index is 0.000000861. The Labute approximate surface area is 113 Å². The van der Waals surface area contributed by atoms with Crippen LogP contribution in [0.4, 0.5) is 0 Å². The number of aromatic nitrogens is 1. The molecule has 1 N–H and O–H groups in total. The number of carbonyl (C=O) groups is 1. The second-order valence-corrected chi connectivity index (χ2v) is 4.04. The molecular weight excluding hydrogens is 242 g/mol. The van der Waals surface area contributed by atoms with Crippen LogP contribution < -0.4 is 0 Å². The zero-order valence-electron chi connectivity index (χ0n) is 11.9. The molecule has 1 aromatic carbocycles. The van der Waals surface area contributed by atoms with Gasteiger partial charge in [-0.15, -0.1) is 0 Å². The van der Waals surface area contributed by atoms with Crippen LogP contribution in [0.2, 0.25) is 0 Å². The minimum Gasteiger partial charge on any atom is -0.508 e. The van der Waals surface area contributed by atoms with Crippen molar-refractivity contribution in [3.8, 4) is 5.75 Å². The first kappa shape index (κ1) is 15.1. The number of aromatic hydroxyl groups is 1. The van der Waals surface area contributed by atoms with Crippen molar-refractivity contribution in [1.82, 2.24) is 4.57 Å². The molecule has 0 aliphatic carbocycles. The fraction of sp³-hybridized carbons (Fsp3) is 0.400. The Morgan fingerprint density at radius 3 is 2.68 bits per heavy atom. The second-order valence-electron chi connectivity index (χ2n) is 4.04. The highest BCUT2D eigenvalue weighted by atomic mass is 16.5. The third kappa shape index (κ3) is 3.50. The average molecular weight is 263 g/mol. The van der Waals surface area contributed by atoms with Crippen molar-refractivity contribution in [3.05, 3.63) is 30.0 Å². The van der Waals surface area contributed by atoms with E-state index in [1.807, 2.05) is 37.7 Å². The highest BCUT2D eigenvalue weighted by Gasteiger charge is 2.09. The maximum absolute atomic E-state index is 11.1. The molecule has 0 atom stereocenters. The van der Waals surface area contributed by atoms with E-state index in [1.54, 1.807) is 12.1 Å². The van der Waals surface area contributed by atoms with Gasteiger partial charge in [0.25, 0.3) is 0 Å². The molecule has 1 heterocycles. The highest BCUT2D eigenvalue weighted by Crippen LogP contribution is 2.25. The Hall–Kier alpha value is -1.97. The Kier molecular flexibility index (Phi) is 5.42. The van der Waals surface area contributed by atoms with Crippen LogP contribution in [0.15, 0.2) is 24.4 Å². The molecule has 4 nitrogen and oxygen atoms in total. The van der Waals surface area contributed by atoms with Gasteiger partial charge in [-0.1, -0.05) is 13.8 Å². The molecule has 2 rings (SSSR count). The predicted octanol–water partition coefficient (Wildman–Crippen LogP) is 3.02. The summed E-state index contributed by atoms with van der Waals surface area (Å²) in [4.78, 5) is 11.1. The van der Waals surface area contributed by atoms with Gasteiger partial charge in [0, 0.05) is 31.1 Å². The summed E-state index contributed by atoms with van der Waals surface area (Å²) < 4.78 is 6.57. The largest absolute Gasteiger partial charge is 0.508 e. The van der Waals surface area contributed by atoms with Gasteiger partial charge in [-0.05, 0) is 24.1 Å². The second kappa shape index (κ2) is 6.83. The molecule has 2 aromatic rings. The number of methoxy groups -OCH3 is 1. The molecule has 4 heteroatoms. The summed E-state index contributed by atoms with van der Waals surface area (Å²) in [6.45, 7) is 4.00. The number of rotatable bonds is 3. The first-order valence-electron chi connectivity index (χ1n) is 6.45. The predicted molar refractivity (Wildman–Crippen MR) is 76.3 cm³/mol. The third-order valence-corrected chi connectivity index (χ3v) is 2.88. The van der Waals surface area contributed by atoms with Gasteiger partial charge in [0.2, 0.25) is 0 Å². The molecule has 0 fully saturated rings. The van der Waals surface area contributed by atoms with Gasteiger partial charge < -0.3 is 14.4 Å². The topological polar surface area (TPSA) is 51.5 Å². The van der Waals surface area contributed by atoms with E-state index in [-0.39, 0.29) is 11.7 Å². The maximum atomic E-state index is 11.1. The summed E-state index contributed by atoms with van der Waals surface area (Å²) in [5.74, 6) is 0.0407. The molecule has 0 spiro atoms. The first-order valence-corrected chi connectivity index (χ1v) is 6.45. The van der Waals surface area contributed by atoms with E-state index in [1.165, 1.54) is 7.11 Å². The minimum absolute atomic E-state index is 0.208. The summed E-state index contributed by atoms with van der Waals surface area (Å²) in [5, 5.41) is 10.5. The zero-order chi connectivity index (χ0) is 14.4. The van der Waals surface area contributed by atoms with Gasteiger partial charge in [0.1, 0.15) is 5.75 Å². The molecular formula is C15H21NO3. The van der Waals surface area contributed by atoms with E-state index in [9.17, 15) is 9.90 Å². The van der Waals surface area contributed by atoms with Gasteiger partial charge in [-0.3, -0.25) is 4.79 Å². The number of phenols is 1. The van der Waals surface area contributed by atoms with Crippen molar-refractivity contribution in [2.45, 2.75) is 26.7 Å². The fourth-order valence-corrected chi connectivity index (χ4v) is 1.99. The number of fused-ring (bicyclic) bond motifs is 1. The van der Waals surface area contributed by atoms with E-state index in [4.69, 9.17) is 0 Å². The number of hydrogen-bond acceptors (Lipinski definition) is 3. The van der Waals surface area contributed by atoms with Crippen LogP contribution in [0, 0.1) is 0 Å². The number of aryl methyl sites for hydroxylation is 2. The van der Waals surface area contributed by atoms with Crippen LogP contribution in [-0.2, 0) is 23.0 Å². The maximum Gasteiger partial charge on any atom is 0.305 e. The first-order chi connectivity index (χ1) is 9.11. The van der Waals surface area contributed by atoms with E-state index in [0.29, 0.717) is 12.8 Å². The van der Waals surface area contributed by atoms with E-state index < -0.39 is 0 Å². The molecule has 0 radical (unpaired) electrons. The van der Waals surface area contributed by atoms with Crippen LogP contribution in [0.5, 0.6) is 5.75 Å². The van der Waals surface area contributed by atoms with Crippen LogP contribution >= 0.6 is 0 Å². The number of phenolic OH excluding ortho intramolecular Hbond substituents is 1. The SMILES string of the molecule is CC.COC(=O)CCc1cn(C)c2cc(O)ccc12. The summed E-state index contributed by atoms with van der Waals surface area (Å²) >= 11 is 0. The molecule has 0 saturated heterocycles. The quantitative estimate of drug-likeness (QED) is 0.866. The number of esters is 1. The van der Waals surface area contributed by atoms with Gasteiger partial charge in [-0.2, -0.15) is 0 Å². The molecule has 104 valence electrons. The molecule has 19 heavy (non-hydrogen) atoms. The fourth-order valence-electron chi connectivity index (χ4n) is 1.99. The zero-order valence-corrected chi connectivity index (χ0v) is 11.9. The lowest BCUT2D eigenvalue weighted by Crippen LogP contribution is -2.01. The van der Waals surface area contributed by atoms with Crippen LogP contribution in [0.25, 0.3) is 10.9 Å². The Morgan fingerprint density at radius 2 is 2.05 bits per heavy atom. The van der Waals surface area contributed by atoms with E-state index in [2.05, 4.69) is 4.74 Å². The molecule has 0 aliphatic heterocycles. The van der Waals surface area contributed by atoms with Crippen LogP contribution in [-0.4, -0.2) is 22.8 Å². The number of benzene rings is 1. The molecule has 0 bridgehead atoms. The highest BCUT2D eigenvalue weighted by molar-refractivity contribution is 5.85. The molecule has 0 unspecified atom stereocenters. The Bertz CT molecular complexity index is 558. The van der Waals surface area contributed by atoms with Crippen molar-refractivity contribution < 1.29 is 14.6 Å². The van der Waals surface area contributed by atoms with Crippen LogP contribution in [0.3, 0.4) is 0 Å². The summed E-state index contributed by atoms with van der Waals surface area (Å²) in [6, 6.07) is 5.25. The van der Waals surface area contributed by atoms with Crippen molar-refractivity contribution in [2.24, 2.45) is 7.05 Å². The third-order valence-electron chi connectivity index (χ3n) is 2.88. The summed E-state index contributed by atoms with van der Waals surface area (Å²) in [7, 11) is 3.31. The summed E-state index contributed by atoms with van der Waals surface area (Å²) in [6.07, 6.45) is 3.00. The lowest BCUT2D eigenvalue weighted by Gasteiger charge is -1.99. The number of hydrogen-bond donors (Lipinski definition) is 1. The van der Waals surface area contributed by atoms with E-state index >= 15 is 0 Å². The van der Waals surface area contributed by atoms with Crippen molar-refractivity contribution in [3.63, 3.8) is 0 Å². The normalized spacial score (nSPS) is 9.89. The van der Waals surface area contributed by atoms with Gasteiger partial charge in [0.05, 0.1) is 12.6 Å².